The van der Waals surface area contributed by atoms with Crippen molar-refractivity contribution in [2.75, 3.05) is 11.9 Å². The first-order valence-electron chi connectivity index (χ1n) is 7.41. The summed E-state index contributed by atoms with van der Waals surface area (Å²) < 4.78 is 5.18. The second kappa shape index (κ2) is 9.18. The lowest BCUT2D eigenvalue weighted by Gasteiger charge is -2.12. The van der Waals surface area contributed by atoms with Crippen molar-refractivity contribution in [2.24, 2.45) is 0 Å². The molecular formula is C16H12Cl3N3O4S. The first-order valence-corrected chi connectivity index (χ1v) is 8.95. The zero-order chi connectivity index (χ0) is 20.1. The maximum atomic E-state index is 12.3. The Balaban J connectivity index is 2.15. The second-order valence-electron chi connectivity index (χ2n) is 5.03. The summed E-state index contributed by atoms with van der Waals surface area (Å²) in [6.07, 6.45) is 0. The Hall–Kier alpha value is -2.13. The summed E-state index contributed by atoms with van der Waals surface area (Å²) in [5, 5.41) is 17.0. The molecule has 0 atom stereocenters. The van der Waals surface area contributed by atoms with Gasteiger partial charge in [-0.1, -0.05) is 34.8 Å². The molecule has 0 fully saturated rings. The van der Waals surface area contributed by atoms with E-state index in [1.165, 1.54) is 24.3 Å². The maximum absolute atomic E-state index is 12.3. The van der Waals surface area contributed by atoms with Crippen LogP contribution in [0.25, 0.3) is 0 Å². The van der Waals surface area contributed by atoms with Crippen molar-refractivity contribution in [2.45, 2.75) is 6.92 Å². The van der Waals surface area contributed by atoms with Gasteiger partial charge in [-0.15, -0.1) is 0 Å². The number of rotatable bonds is 5. The van der Waals surface area contributed by atoms with Crippen molar-refractivity contribution in [1.82, 2.24) is 5.32 Å². The number of nitrogens with one attached hydrogen (secondary N) is 2. The zero-order valence-corrected chi connectivity index (χ0v) is 16.8. The van der Waals surface area contributed by atoms with Gasteiger partial charge in [0.2, 0.25) is 0 Å². The van der Waals surface area contributed by atoms with Gasteiger partial charge >= 0.3 is 5.69 Å². The molecule has 0 aliphatic carbocycles. The summed E-state index contributed by atoms with van der Waals surface area (Å²) >= 11 is 22.9. The highest BCUT2D eigenvalue weighted by Crippen LogP contribution is 2.32. The van der Waals surface area contributed by atoms with E-state index in [4.69, 9.17) is 51.8 Å². The number of carbonyl (C=O) groups is 1. The number of thiocarbonyl (C=S) groups is 1. The Morgan fingerprint density at radius 2 is 1.85 bits per heavy atom. The molecule has 0 aromatic heterocycles. The number of hydrogen-bond acceptors (Lipinski definition) is 5. The molecule has 7 nitrogen and oxygen atoms in total. The molecule has 11 heteroatoms. The first-order chi connectivity index (χ1) is 12.7. The normalized spacial score (nSPS) is 10.2. The van der Waals surface area contributed by atoms with Crippen molar-refractivity contribution in [3.63, 3.8) is 0 Å². The number of carbonyl (C=O) groups excluding carboxylic acids is 1. The minimum absolute atomic E-state index is 0.0366. The number of amides is 1. The van der Waals surface area contributed by atoms with Gasteiger partial charge < -0.3 is 10.1 Å². The van der Waals surface area contributed by atoms with Crippen LogP contribution in [0.2, 0.25) is 15.1 Å². The van der Waals surface area contributed by atoms with E-state index < -0.39 is 10.8 Å². The van der Waals surface area contributed by atoms with Crippen LogP contribution in [-0.2, 0) is 0 Å². The Labute approximate surface area is 174 Å². The molecule has 0 saturated carbocycles. The molecule has 0 spiro atoms. The zero-order valence-electron chi connectivity index (χ0n) is 13.7. The number of nitro groups is 1. The van der Waals surface area contributed by atoms with E-state index in [1.54, 1.807) is 6.92 Å². The molecule has 142 valence electrons. The molecule has 0 saturated heterocycles. The third-order valence-corrected chi connectivity index (χ3v) is 4.44. The van der Waals surface area contributed by atoms with Crippen LogP contribution < -0.4 is 15.4 Å². The van der Waals surface area contributed by atoms with Crippen molar-refractivity contribution >= 4 is 69.4 Å². The van der Waals surface area contributed by atoms with Gasteiger partial charge in [0, 0.05) is 11.6 Å². The van der Waals surface area contributed by atoms with Gasteiger partial charge in [0.15, 0.2) is 10.9 Å². The van der Waals surface area contributed by atoms with E-state index in [0.717, 1.165) is 6.07 Å². The van der Waals surface area contributed by atoms with E-state index in [2.05, 4.69) is 10.6 Å². The molecule has 0 unspecified atom stereocenters. The Kier molecular flexibility index (Phi) is 7.20. The average Bonchev–Trinajstić information content (AvgIpc) is 2.60. The van der Waals surface area contributed by atoms with Crippen molar-refractivity contribution < 1.29 is 14.5 Å². The quantitative estimate of drug-likeness (QED) is 0.287. The number of nitrogens with zero attached hydrogens (tertiary/aromatic N) is 1. The maximum Gasteiger partial charge on any atom is 0.311 e. The molecule has 2 aromatic carbocycles. The third-order valence-electron chi connectivity index (χ3n) is 3.20. The lowest BCUT2D eigenvalue weighted by Crippen LogP contribution is -2.34. The summed E-state index contributed by atoms with van der Waals surface area (Å²) in [7, 11) is 0. The fourth-order valence-corrected chi connectivity index (χ4v) is 2.82. The SMILES string of the molecule is CCOc1ccc(C(=O)NC(=S)Nc2cc(Cl)c(Cl)cc2Cl)cc1[N+](=O)[O-]. The van der Waals surface area contributed by atoms with Crippen LogP contribution in [0.5, 0.6) is 5.75 Å². The monoisotopic (exact) mass is 447 g/mol. The molecule has 0 aliphatic rings. The number of anilines is 1. The van der Waals surface area contributed by atoms with Gasteiger partial charge in [0.1, 0.15) is 0 Å². The predicted octanol–water partition coefficient (Wildman–Crippen LogP) is 5.08. The standard InChI is InChI=1S/C16H12Cl3N3O4S/c1-2-26-14-4-3-8(5-13(14)22(24)25)15(23)21-16(27)20-12-7-10(18)9(17)6-11(12)19/h3-7H,2H2,1H3,(H2,20,21,23,27). The third kappa shape index (κ3) is 5.43. The summed E-state index contributed by atoms with van der Waals surface area (Å²) in [4.78, 5) is 22.8. The number of nitro benzene ring substituents is 1. The summed E-state index contributed by atoms with van der Waals surface area (Å²) in [5.74, 6) is -0.572. The van der Waals surface area contributed by atoms with E-state index in [0.29, 0.717) is 5.69 Å². The summed E-state index contributed by atoms with van der Waals surface area (Å²) in [6.45, 7) is 1.95. The Morgan fingerprint density at radius 3 is 2.48 bits per heavy atom. The van der Waals surface area contributed by atoms with E-state index >= 15 is 0 Å². The number of benzene rings is 2. The van der Waals surface area contributed by atoms with E-state index in [9.17, 15) is 14.9 Å². The lowest BCUT2D eigenvalue weighted by molar-refractivity contribution is -0.385. The molecule has 2 aromatic rings. The smallest absolute Gasteiger partial charge is 0.311 e. The molecule has 1 amide bonds. The Morgan fingerprint density at radius 1 is 1.19 bits per heavy atom. The topological polar surface area (TPSA) is 93.5 Å². The fraction of sp³-hybridized carbons (Fsp3) is 0.125. The van der Waals surface area contributed by atoms with Gasteiger partial charge in [0.25, 0.3) is 5.91 Å². The summed E-state index contributed by atoms with van der Waals surface area (Å²) in [5.41, 5.74) is 0.0551. The largest absolute Gasteiger partial charge is 0.487 e. The van der Waals surface area contributed by atoms with Gasteiger partial charge in [-0.2, -0.15) is 0 Å². The highest BCUT2D eigenvalue weighted by atomic mass is 35.5. The number of halogens is 3. The van der Waals surface area contributed by atoms with Crippen LogP contribution in [0.3, 0.4) is 0 Å². The minimum atomic E-state index is -0.644. The highest BCUT2D eigenvalue weighted by molar-refractivity contribution is 7.80. The van der Waals surface area contributed by atoms with Crippen molar-refractivity contribution in [1.29, 1.82) is 0 Å². The first kappa shape index (κ1) is 21.2. The average molecular weight is 449 g/mol. The van der Waals surface area contributed by atoms with Crippen LogP contribution in [0, 0.1) is 10.1 Å². The minimum Gasteiger partial charge on any atom is -0.487 e. The molecule has 2 N–H and O–H groups in total. The molecule has 2 rings (SSSR count). The number of ether oxygens (including phenoxy) is 1. The van der Waals surface area contributed by atoms with Gasteiger partial charge in [-0.3, -0.25) is 20.2 Å². The molecule has 0 radical (unpaired) electrons. The van der Waals surface area contributed by atoms with Crippen LogP contribution in [0.15, 0.2) is 30.3 Å². The van der Waals surface area contributed by atoms with Gasteiger partial charge in [-0.25, -0.2) is 0 Å². The fourth-order valence-electron chi connectivity index (χ4n) is 2.03. The van der Waals surface area contributed by atoms with Crippen LogP contribution in [0.1, 0.15) is 17.3 Å². The van der Waals surface area contributed by atoms with Gasteiger partial charge in [-0.05, 0) is 43.4 Å². The highest BCUT2D eigenvalue weighted by Gasteiger charge is 2.19. The van der Waals surface area contributed by atoms with Crippen molar-refractivity contribution in [3.8, 4) is 5.75 Å². The van der Waals surface area contributed by atoms with E-state index in [-0.39, 0.29) is 43.8 Å². The molecule has 0 bridgehead atoms. The second-order valence-corrected chi connectivity index (χ2v) is 6.66. The number of hydrogen-bond donors (Lipinski definition) is 2. The van der Waals surface area contributed by atoms with Crippen LogP contribution >= 0.6 is 47.0 Å². The Bertz CT molecular complexity index is 924. The molecule has 27 heavy (non-hydrogen) atoms. The summed E-state index contributed by atoms with van der Waals surface area (Å²) in [6, 6.07) is 6.72. The van der Waals surface area contributed by atoms with Crippen LogP contribution in [-0.4, -0.2) is 22.5 Å². The lowest BCUT2D eigenvalue weighted by atomic mass is 10.1. The molecule has 0 heterocycles. The molecule has 0 aliphatic heterocycles. The molecular weight excluding hydrogens is 437 g/mol. The predicted molar refractivity (Wildman–Crippen MR) is 109 cm³/mol. The van der Waals surface area contributed by atoms with Gasteiger partial charge in [0.05, 0.1) is 32.3 Å². The van der Waals surface area contributed by atoms with Crippen LogP contribution in [0.4, 0.5) is 11.4 Å². The van der Waals surface area contributed by atoms with Crippen molar-refractivity contribution in [3.05, 3.63) is 61.1 Å². The van der Waals surface area contributed by atoms with E-state index in [1.807, 2.05) is 0 Å².